The van der Waals surface area contributed by atoms with Crippen molar-refractivity contribution in [1.29, 1.82) is 0 Å². The van der Waals surface area contributed by atoms with Gasteiger partial charge in [0.25, 0.3) is 0 Å². The summed E-state index contributed by atoms with van der Waals surface area (Å²) in [5, 5.41) is 50.5. The van der Waals surface area contributed by atoms with Gasteiger partial charge >= 0.3 is 5.97 Å². The molecule has 14 heteroatoms. The Balaban J connectivity index is 1.46. The molecule has 2 heterocycles. The minimum absolute atomic E-state index is 0.0177. The molecule has 2 aliphatic heterocycles. The largest absolute Gasteiger partial charge is 0.493 e. The van der Waals surface area contributed by atoms with Crippen LogP contribution in [0, 0.1) is 0 Å². The molecule has 2 aromatic carbocycles. The highest BCUT2D eigenvalue weighted by Gasteiger charge is 2.45. The van der Waals surface area contributed by atoms with Gasteiger partial charge in [0.1, 0.15) is 37.1 Å². The maximum absolute atomic E-state index is 12.0. The van der Waals surface area contributed by atoms with Crippen LogP contribution in [0.4, 0.5) is 0 Å². The predicted molar refractivity (Wildman–Crippen MR) is 166 cm³/mol. The maximum atomic E-state index is 12.0. The molecule has 0 aliphatic carbocycles. The second-order valence-electron chi connectivity index (χ2n) is 10.9. The van der Waals surface area contributed by atoms with Gasteiger partial charge in [0.15, 0.2) is 29.3 Å². The Bertz CT molecular complexity index is 1400. The number of benzene rings is 2. The molecule has 1 fully saturated rings. The topological polar surface area (TPSA) is 192 Å². The Kier molecular flexibility index (Phi) is 12.5. The number of carbonyl (C=O) groups is 1. The Labute approximate surface area is 272 Å². The van der Waals surface area contributed by atoms with Gasteiger partial charge in [-0.05, 0) is 29.8 Å². The number of rotatable bonds is 15. The molecule has 2 aromatic rings. The van der Waals surface area contributed by atoms with E-state index in [1.807, 2.05) is 6.07 Å². The SMILES string of the molecule is C=C(CCO)C(=O)OC[C@H]1O[C@@H](OC/C=C/c2cc(OC)c3c(c2)[C@@H](CO)[C@H](c2cc(OC)c(OC)c(OC)c2)O3)[C@H](O)[C@@H](O)[C@@H]1O. The molecule has 14 nitrogen and oxygen atoms in total. The lowest BCUT2D eigenvalue weighted by molar-refractivity contribution is -0.299. The molecule has 5 N–H and O–H groups in total. The maximum Gasteiger partial charge on any atom is 0.333 e. The fourth-order valence-electron chi connectivity index (χ4n) is 5.45. The van der Waals surface area contributed by atoms with Crippen LogP contribution in [-0.2, 0) is 19.0 Å². The van der Waals surface area contributed by atoms with E-state index < -0.39 is 55.3 Å². The van der Waals surface area contributed by atoms with Crippen molar-refractivity contribution in [3.8, 4) is 28.7 Å². The van der Waals surface area contributed by atoms with Crippen molar-refractivity contribution in [3.63, 3.8) is 0 Å². The smallest absolute Gasteiger partial charge is 0.333 e. The number of methoxy groups -OCH3 is 4. The van der Waals surface area contributed by atoms with Crippen molar-refractivity contribution in [2.45, 2.75) is 49.1 Å². The summed E-state index contributed by atoms with van der Waals surface area (Å²) in [6.07, 6.45) is -4.49. The van der Waals surface area contributed by atoms with Crippen molar-refractivity contribution in [3.05, 3.63) is 59.2 Å². The van der Waals surface area contributed by atoms with Crippen LogP contribution in [0.5, 0.6) is 28.7 Å². The third kappa shape index (κ3) is 7.81. The second kappa shape index (κ2) is 16.3. The van der Waals surface area contributed by atoms with Crippen LogP contribution in [0.2, 0.25) is 0 Å². The van der Waals surface area contributed by atoms with Gasteiger partial charge in [0.05, 0.1) is 47.6 Å². The van der Waals surface area contributed by atoms with E-state index in [-0.39, 0.29) is 31.8 Å². The molecular formula is C33H42O14. The summed E-state index contributed by atoms with van der Waals surface area (Å²) in [4.78, 5) is 12.0. The van der Waals surface area contributed by atoms with E-state index in [0.717, 1.165) is 0 Å². The molecule has 0 unspecified atom stereocenters. The average molecular weight is 663 g/mol. The summed E-state index contributed by atoms with van der Waals surface area (Å²) in [7, 11) is 6.05. The lowest BCUT2D eigenvalue weighted by atomic mass is 9.90. The fourth-order valence-corrected chi connectivity index (χ4v) is 5.45. The quantitative estimate of drug-likeness (QED) is 0.135. The third-order valence-electron chi connectivity index (χ3n) is 7.96. The summed E-state index contributed by atoms with van der Waals surface area (Å²) < 4.78 is 44.7. The number of carbonyl (C=O) groups excluding carboxylic acids is 1. The van der Waals surface area contributed by atoms with E-state index in [9.17, 15) is 25.2 Å². The number of fused-ring (bicyclic) bond motifs is 1. The number of hydrogen-bond donors (Lipinski definition) is 5. The van der Waals surface area contributed by atoms with Crippen LogP contribution < -0.4 is 23.7 Å². The molecule has 258 valence electrons. The van der Waals surface area contributed by atoms with Gasteiger partial charge in [0.2, 0.25) is 5.75 Å². The van der Waals surface area contributed by atoms with Crippen LogP contribution in [-0.4, -0.2) is 117 Å². The fraction of sp³-hybridized carbons (Fsp3) is 0.485. The van der Waals surface area contributed by atoms with Crippen LogP contribution in [0.25, 0.3) is 6.08 Å². The van der Waals surface area contributed by atoms with E-state index in [0.29, 0.717) is 45.4 Å². The predicted octanol–water partition coefficient (Wildman–Crippen LogP) is 1.25. The zero-order chi connectivity index (χ0) is 34.2. The number of hydrogen-bond acceptors (Lipinski definition) is 14. The van der Waals surface area contributed by atoms with E-state index in [1.165, 1.54) is 28.4 Å². The molecule has 0 bridgehead atoms. The van der Waals surface area contributed by atoms with Crippen molar-refractivity contribution in [1.82, 2.24) is 0 Å². The first-order valence-corrected chi connectivity index (χ1v) is 14.8. The summed E-state index contributed by atoms with van der Waals surface area (Å²) in [6, 6.07) is 7.15. The molecule has 2 aliphatic rings. The summed E-state index contributed by atoms with van der Waals surface area (Å²) in [6.45, 7) is 2.49. The molecule has 0 amide bonds. The van der Waals surface area contributed by atoms with Crippen molar-refractivity contribution < 1.29 is 68.2 Å². The van der Waals surface area contributed by atoms with Crippen LogP contribution >= 0.6 is 0 Å². The Morgan fingerprint density at radius 1 is 0.915 bits per heavy atom. The first-order valence-electron chi connectivity index (χ1n) is 14.8. The van der Waals surface area contributed by atoms with Gasteiger partial charge in [0, 0.05) is 29.7 Å². The third-order valence-corrected chi connectivity index (χ3v) is 7.96. The monoisotopic (exact) mass is 662 g/mol. The molecule has 0 radical (unpaired) electrons. The minimum Gasteiger partial charge on any atom is -0.493 e. The van der Waals surface area contributed by atoms with Gasteiger partial charge < -0.3 is 63.4 Å². The summed E-state index contributed by atoms with van der Waals surface area (Å²) in [5.41, 5.74) is 2.15. The number of aliphatic hydroxyl groups excluding tert-OH is 5. The van der Waals surface area contributed by atoms with Crippen LogP contribution in [0.3, 0.4) is 0 Å². The summed E-state index contributed by atoms with van der Waals surface area (Å²) in [5.74, 6) is 0.993. The molecule has 0 saturated carbocycles. The number of esters is 1. The van der Waals surface area contributed by atoms with Gasteiger partial charge in [-0.15, -0.1) is 0 Å². The normalized spacial score (nSPS) is 25.2. The highest BCUT2D eigenvalue weighted by molar-refractivity contribution is 5.87. The summed E-state index contributed by atoms with van der Waals surface area (Å²) >= 11 is 0. The molecule has 0 spiro atoms. The molecule has 0 aromatic heterocycles. The lowest BCUT2D eigenvalue weighted by Gasteiger charge is -2.39. The van der Waals surface area contributed by atoms with Gasteiger partial charge in [-0.25, -0.2) is 4.79 Å². The van der Waals surface area contributed by atoms with Gasteiger partial charge in [-0.3, -0.25) is 0 Å². The van der Waals surface area contributed by atoms with Crippen LogP contribution in [0.15, 0.2) is 42.5 Å². The first-order chi connectivity index (χ1) is 22.6. The average Bonchev–Trinajstić information content (AvgIpc) is 3.46. The Morgan fingerprint density at radius 2 is 1.60 bits per heavy atom. The van der Waals surface area contributed by atoms with Crippen molar-refractivity contribution in [2.24, 2.45) is 0 Å². The second-order valence-corrected chi connectivity index (χ2v) is 10.9. The Morgan fingerprint density at radius 3 is 2.19 bits per heavy atom. The molecular weight excluding hydrogens is 620 g/mol. The Hall–Kier alpha value is -3.89. The van der Waals surface area contributed by atoms with Gasteiger partial charge in [-0.1, -0.05) is 18.7 Å². The highest BCUT2D eigenvalue weighted by atomic mass is 16.7. The van der Waals surface area contributed by atoms with E-state index in [4.69, 9.17) is 43.0 Å². The zero-order valence-electron chi connectivity index (χ0n) is 26.7. The standard InChI is InChI=1S/C33H42O14/c1-17(8-9-34)32(39)45-16-25-26(36)27(37)28(38)33(46-25)44-10-6-7-18-11-20-21(15-35)29(47-30(20)22(12-18)40-2)19-13-23(41-3)31(43-5)24(14-19)42-4/h6-7,11-14,21,25-29,33-38H,1,8-10,15-16H2,2-5H3/b7-6+/t21-,25-,26-,27+,28-,29+,33-/m1/s1. The van der Waals surface area contributed by atoms with E-state index in [1.54, 1.807) is 30.4 Å². The molecule has 4 rings (SSSR count). The van der Waals surface area contributed by atoms with Crippen molar-refractivity contribution >= 4 is 12.0 Å². The first kappa shape index (κ1) is 36.0. The number of ether oxygens (including phenoxy) is 8. The van der Waals surface area contributed by atoms with E-state index >= 15 is 0 Å². The minimum atomic E-state index is -1.63. The lowest BCUT2D eigenvalue weighted by Crippen LogP contribution is -2.59. The van der Waals surface area contributed by atoms with Crippen LogP contribution in [0.1, 0.15) is 35.1 Å². The van der Waals surface area contributed by atoms with Gasteiger partial charge in [-0.2, -0.15) is 0 Å². The van der Waals surface area contributed by atoms with Crippen molar-refractivity contribution in [2.75, 3.05) is 54.9 Å². The highest BCUT2D eigenvalue weighted by Crippen LogP contribution is 2.52. The molecule has 47 heavy (non-hydrogen) atoms. The number of aliphatic hydroxyl groups is 5. The zero-order valence-corrected chi connectivity index (χ0v) is 26.7. The molecule has 7 atom stereocenters. The van der Waals surface area contributed by atoms with E-state index in [2.05, 4.69) is 6.58 Å². The molecule has 1 saturated heterocycles.